The Hall–Kier alpha value is -4.65. The summed E-state index contributed by atoms with van der Waals surface area (Å²) < 4.78 is 16.9. The molecule has 4 aromatic carbocycles. The molecule has 7 heteroatoms. The summed E-state index contributed by atoms with van der Waals surface area (Å²) in [6, 6.07) is 27.2. The van der Waals surface area contributed by atoms with Crippen molar-refractivity contribution in [1.82, 2.24) is 5.43 Å². The number of carbonyl (C=O) groups excluding carboxylic acids is 2. The van der Waals surface area contributed by atoms with Crippen LogP contribution < -0.4 is 19.6 Å². The molecule has 0 spiro atoms. The second kappa shape index (κ2) is 13.1. The average molecular weight is 511 g/mol. The SMILES string of the molecule is CCCCOc1ccc(C(=O)Oc2ccc(/C=N\NC(=O)[C@@H](C)Oc3cccc4ccccc34)cc2)cc1. The molecule has 0 aliphatic carbocycles. The molecule has 4 aromatic rings. The highest BCUT2D eigenvalue weighted by Gasteiger charge is 2.15. The van der Waals surface area contributed by atoms with Crippen LogP contribution in [0, 0.1) is 0 Å². The number of nitrogens with one attached hydrogen (secondary N) is 1. The molecule has 0 saturated heterocycles. The summed E-state index contributed by atoms with van der Waals surface area (Å²) in [6.45, 7) is 4.42. The number of unbranched alkanes of at least 4 members (excludes halogenated alkanes) is 1. The van der Waals surface area contributed by atoms with Crippen LogP contribution in [0.1, 0.15) is 42.6 Å². The second-order valence-electron chi connectivity index (χ2n) is 8.66. The Labute approximate surface area is 222 Å². The molecule has 4 rings (SSSR count). The van der Waals surface area contributed by atoms with Gasteiger partial charge in [0.1, 0.15) is 17.2 Å². The van der Waals surface area contributed by atoms with Gasteiger partial charge < -0.3 is 14.2 Å². The Morgan fingerprint density at radius 3 is 2.37 bits per heavy atom. The zero-order valence-corrected chi connectivity index (χ0v) is 21.4. The lowest BCUT2D eigenvalue weighted by Crippen LogP contribution is -2.33. The molecule has 0 fully saturated rings. The lowest BCUT2D eigenvalue weighted by molar-refractivity contribution is -0.127. The number of benzene rings is 4. The lowest BCUT2D eigenvalue weighted by Gasteiger charge is -2.14. The number of hydrogen-bond donors (Lipinski definition) is 1. The van der Waals surface area contributed by atoms with Crippen LogP contribution in [0.2, 0.25) is 0 Å². The zero-order chi connectivity index (χ0) is 26.7. The number of rotatable bonds is 11. The molecule has 0 aliphatic rings. The van der Waals surface area contributed by atoms with Crippen molar-refractivity contribution in [1.29, 1.82) is 0 Å². The average Bonchev–Trinajstić information content (AvgIpc) is 2.94. The van der Waals surface area contributed by atoms with Gasteiger partial charge in [-0.25, -0.2) is 10.2 Å². The van der Waals surface area contributed by atoms with E-state index >= 15 is 0 Å². The zero-order valence-electron chi connectivity index (χ0n) is 21.4. The fraction of sp³-hybridized carbons (Fsp3) is 0.194. The molecule has 0 aliphatic heterocycles. The number of ether oxygens (including phenoxy) is 3. The number of amides is 1. The van der Waals surface area contributed by atoms with Gasteiger partial charge in [0.15, 0.2) is 6.10 Å². The van der Waals surface area contributed by atoms with Crippen molar-refractivity contribution in [3.8, 4) is 17.2 Å². The third kappa shape index (κ3) is 7.20. The molecule has 7 nitrogen and oxygen atoms in total. The molecule has 0 heterocycles. The van der Waals surface area contributed by atoms with E-state index in [1.807, 2.05) is 42.5 Å². The van der Waals surface area contributed by atoms with Crippen LogP contribution in [0.4, 0.5) is 0 Å². The minimum atomic E-state index is -0.739. The van der Waals surface area contributed by atoms with E-state index in [-0.39, 0.29) is 5.91 Å². The molecule has 0 bridgehead atoms. The van der Waals surface area contributed by atoms with Crippen LogP contribution in [0.15, 0.2) is 96.1 Å². The molecule has 1 atom stereocenters. The maximum absolute atomic E-state index is 12.5. The van der Waals surface area contributed by atoms with Crippen molar-refractivity contribution in [3.63, 3.8) is 0 Å². The van der Waals surface area contributed by atoms with Gasteiger partial charge in [0.2, 0.25) is 0 Å². The van der Waals surface area contributed by atoms with E-state index in [0.717, 1.165) is 34.9 Å². The first-order valence-corrected chi connectivity index (χ1v) is 12.6. The summed E-state index contributed by atoms with van der Waals surface area (Å²) in [7, 11) is 0. The van der Waals surface area contributed by atoms with Crippen molar-refractivity contribution in [2.45, 2.75) is 32.8 Å². The maximum atomic E-state index is 12.5. The summed E-state index contributed by atoms with van der Waals surface area (Å²) in [5.41, 5.74) is 3.65. The number of carbonyl (C=O) groups is 2. The molecule has 1 N–H and O–H groups in total. The van der Waals surface area contributed by atoms with Gasteiger partial charge >= 0.3 is 5.97 Å². The van der Waals surface area contributed by atoms with Crippen LogP contribution >= 0.6 is 0 Å². The molecule has 194 valence electrons. The summed E-state index contributed by atoms with van der Waals surface area (Å²) in [6.07, 6.45) is 2.81. The highest BCUT2D eigenvalue weighted by Crippen LogP contribution is 2.26. The predicted octanol–water partition coefficient (Wildman–Crippen LogP) is 6.16. The Bertz CT molecular complexity index is 1390. The van der Waals surface area contributed by atoms with Gasteiger partial charge in [-0.1, -0.05) is 49.7 Å². The quantitative estimate of drug-likeness (QED) is 0.0859. The largest absolute Gasteiger partial charge is 0.494 e. The van der Waals surface area contributed by atoms with Crippen LogP contribution in [-0.2, 0) is 4.79 Å². The van der Waals surface area contributed by atoms with E-state index in [1.54, 1.807) is 55.5 Å². The highest BCUT2D eigenvalue weighted by atomic mass is 16.5. The van der Waals surface area contributed by atoms with Crippen molar-refractivity contribution >= 4 is 28.9 Å². The molecule has 0 aromatic heterocycles. The summed E-state index contributed by atoms with van der Waals surface area (Å²) in [5.74, 6) is 0.924. The fourth-order valence-electron chi connectivity index (χ4n) is 3.61. The van der Waals surface area contributed by atoms with E-state index in [2.05, 4.69) is 17.5 Å². The first-order valence-electron chi connectivity index (χ1n) is 12.6. The standard InChI is InChI=1S/C31H30N2O5/c1-3-4-20-36-26-18-14-25(15-19-26)31(35)38-27-16-12-23(13-17-27)21-32-33-30(34)22(2)37-29-11-7-9-24-8-5-6-10-28(24)29/h5-19,21-22H,3-4,20H2,1-2H3,(H,33,34)/b32-21-/t22-/m1/s1. The fourth-order valence-corrected chi connectivity index (χ4v) is 3.61. The normalized spacial score (nSPS) is 11.7. The minimum Gasteiger partial charge on any atom is -0.494 e. The molecule has 0 saturated carbocycles. The first kappa shape index (κ1) is 26.4. The van der Waals surface area contributed by atoms with E-state index < -0.39 is 12.1 Å². The maximum Gasteiger partial charge on any atom is 0.343 e. The van der Waals surface area contributed by atoms with Gasteiger partial charge in [-0.15, -0.1) is 0 Å². The third-order valence-corrected chi connectivity index (χ3v) is 5.76. The van der Waals surface area contributed by atoms with Crippen LogP contribution in [0.25, 0.3) is 10.8 Å². The Morgan fingerprint density at radius 1 is 0.895 bits per heavy atom. The molecule has 38 heavy (non-hydrogen) atoms. The number of hydrogen-bond acceptors (Lipinski definition) is 6. The van der Waals surface area contributed by atoms with Gasteiger partial charge in [-0.2, -0.15) is 5.10 Å². The van der Waals surface area contributed by atoms with Crippen LogP contribution in [-0.4, -0.2) is 30.8 Å². The molecule has 0 radical (unpaired) electrons. The van der Waals surface area contributed by atoms with Crippen molar-refractivity contribution in [2.24, 2.45) is 5.10 Å². The molecule has 0 unspecified atom stereocenters. The van der Waals surface area contributed by atoms with Crippen molar-refractivity contribution in [3.05, 3.63) is 102 Å². The van der Waals surface area contributed by atoms with Crippen molar-refractivity contribution < 1.29 is 23.8 Å². The highest BCUT2D eigenvalue weighted by molar-refractivity contribution is 5.91. The van der Waals surface area contributed by atoms with E-state index in [1.165, 1.54) is 6.21 Å². The molecule has 1 amide bonds. The van der Waals surface area contributed by atoms with Crippen LogP contribution in [0.5, 0.6) is 17.2 Å². The molecular weight excluding hydrogens is 480 g/mol. The Balaban J connectivity index is 1.26. The number of nitrogens with zero attached hydrogens (tertiary/aromatic N) is 1. The van der Waals surface area contributed by atoms with E-state index in [9.17, 15) is 9.59 Å². The number of hydrazone groups is 1. The third-order valence-electron chi connectivity index (χ3n) is 5.76. The first-order chi connectivity index (χ1) is 18.5. The van der Waals surface area contributed by atoms with Gasteiger partial charge in [-0.05, 0) is 78.9 Å². The predicted molar refractivity (Wildman–Crippen MR) is 148 cm³/mol. The summed E-state index contributed by atoms with van der Waals surface area (Å²) >= 11 is 0. The van der Waals surface area contributed by atoms with Gasteiger partial charge in [0.05, 0.1) is 18.4 Å². The Kier molecular flexibility index (Phi) is 9.07. The van der Waals surface area contributed by atoms with Gasteiger partial charge in [0, 0.05) is 5.39 Å². The topological polar surface area (TPSA) is 86.2 Å². The van der Waals surface area contributed by atoms with E-state index in [4.69, 9.17) is 14.2 Å². The second-order valence-corrected chi connectivity index (χ2v) is 8.66. The Morgan fingerprint density at radius 2 is 1.61 bits per heavy atom. The summed E-state index contributed by atoms with van der Waals surface area (Å²) in [5, 5.41) is 5.99. The van der Waals surface area contributed by atoms with Crippen LogP contribution in [0.3, 0.4) is 0 Å². The van der Waals surface area contributed by atoms with Gasteiger partial charge in [-0.3, -0.25) is 4.79 Å². The number of esters is 1. The van der Waals surface area contributed by atoms with Crippen molar-refractivity contribution in [2.75, 3.05) is 6.61 Å². The molecular formula is C31H30N2O5. The van der Waals surface area contributed by atoms with E-state index in [0.29, 0.717) is 23.7 Å². The monoisotopic (exact) mass is 510 g/mol. The number of fused-ring (bicyclic) bond motifs is 1. The van der Waals surface area contributed by atoms with Gasteiger partial charge in [0.25, 0.3) is 5.91 Å². The summed E-state index contributed by atoms with van der Waals surface area (Å²) in [4.78, 5) is 24.9. The smallest absolute Gasteiger partial charge is 0.343 e. The minimum absolute atomic E-state index is 0.374. The lowest BCUT2D eigenvalue weighted by atomic mass is 10.1.